The molecule has 170 valence electrons. The van der Waals surface area contributed by atoms with E-state index in [1.807, 2.05) is 0 Å². The minimum Gasteiger partial charge on any atom is -0.509 e. The summed E-state index contributed by atoms with van der Waals surface area (Å²) in [6.07, 6.45) is 0.0654. The zero-order valence-corrected chi connectivity index (χ0v) is 18.8. The van der Waals surface area contributed by atoms with Crippen molar-refractivity contribution in [2.45, 2.75) is 17.8 Å². The first-order chi connectivity index (χ1) is 15.8. The highest BCUT2D eigenvalue weighted by Gasteiger charge is 2.54. The van der Waals surface area contributed by atoms with Crippen LogP contribution in [0.25, 0.3) is 0 Å². The second kappa shape index (κ2) is 9.68. The van der Waals surface area contributed by atoms with Crippen LogP contribution in [0.1, 0.15) is 15.9 Å². The highest BCUT2D eigenvalue weighted by molar-refractivity contribution is 8.00. The normalized spacial score (nSPS) is 19.4. The van der Waals surface area contributed by atoms with Crippen molar-refractivity contribution < 1.29 is 29.0 Å². The molecule has 2 aliphatic heterocycles. The molecule has 0 saturated carbocycles. The highest BCUT2D eigenvalue weighted by Crippen LogP contribution is 2.40. The molecule has 10 heteroatoms. The quantitative estimate of drug-likeness (QED) is 0.351. The van der Waals surface area contributed by atoms with Crippen LogP contribution in [0.2, 0.25) is 5.02 Å². The van der Waals surface area contributed by atoms with Crippen LogP contribution in [-0.4, -0.2) is 57.3 Å². The van der Waals surface area contributed by atoms with Crippen LogP contribution in [0.15, 0.2) is 66.1 Å². The predicted molar refractivity (Wildman–Crippen MR) is 122 cm³/mol. The third-order valence-corrected chi connectivity index (χ3v) is 6.68. The molecule has 8 nitrogen and oxygen atoms in total. The van der Waals surface area contributed by atoms with Gasteiger partial charge in [0.15, 0.2) is 18.1 Å². The van der Waals surface area contributed by atoms with Crippen LogP contribution in [0.5, 0.6) is 0 Å². The lowest BCUT2D eigenvalue weighted by molar-refractivity contribution is -0.152. The summed E-state index contributed by atoms with van der Waals surface area (Å²) in [6.45, 7) is -0.527. The second-order valence-corrected chi connectivity index (χ2v) is 8.96. The molecule has 2 aromatic carbocycles. The summed E-state index contributed by atoms with van der Waals surface area (Å²) >= 11 is 7.06. The van der Waals surface area contributed by atoms with Gasteiger partial charge in [0, 0.05) is 10.6 Å². The van der Waals surface area contributed by atoms with E-state index >= 15 is 0 Å². The summed E-state index contributed by atoms with van der Waals surface area (Å²) in [7, 11) is 0. The van der Waals surface area contributed by atoms with Gasteiger partial charge in [-0.3, -0.25) is 19.3 Å². The molecule has 2 aliphatic rings. The number of ether oxygens (including phenoxy) is 1. The Labute approximate surface area is 198 Å². The molecule has 2 heterocycles. The topological polar surface area (TPSA) is 113 Å². The monoisotopic (exact) mass is 486 g/mol. The summed E-state index contributed by atoms with van der Waals surface area (Å²) in [5, 5.41) is 12.9. The molecule has 0 aliphatic carbocycles. The Bertz CT molecular complexity index is 1140. The molecule has 0 radical (unpaired) electrons. The number of carbonyl (C=O) groups excluding carboxylic acids is 4. The first-order valence-electron chi connectivity index (χ1n) is 10.0. The van der Waals surface area contributed by atoms with Gasteiger partial charge in [-0.25, -0.2) is 4.79 Å². The van der Waals surface area contributed by atoms with Crippen molar-refractivity contribution in [2.24, 2.45) is 0 Å². The highest BCUT2D eigenvalue weighted by atomic mass is 35.5. The van der Waals surface area contributed by atoms with Gasteiger partial charge < -0.3 is 15.2 Å². The fourth-order valence-corrected chi connectivity index (χ4v) is 4.84. The number of hydrogen-bond donors (Lipinski definition) is 2. The Morgan fingerprint density at radius 3 is 2.52 bits per heavy atom. The fourth-order valence-electron chi connectivity index (χ4n) is 3.51. The van der Waals surface area contributed by atoms with E-state index in [1.165, 1.54) is 11.8 Å². The number of hydrogen-bond acceptors (Lipinski definition) is 7. The van der Waals surface area contributed by atoms with Gasteiger partial charge in [-0.15, -0.1) is 11.8 Å². The number of aliphatic hydroxyl groups is 1. The maximum Gasteiger partial charge on any atom is 0.359 e. The van der Waals surface area contributed by atoms with Crippen LogP contribution in [0, 0.1) is 0 Å². The van der Waals surface area contributed by atoms with Crippen LogP contribution in [0.3, 0.4) is 0 Å². The number of fused-ring (bicyclic) bond motifs is 1. The summed E-state index contributed by atoms with van der Waals surface area (Å²) < 4.78 is 5.07. The molecular weight excluding hydrogens is 468 g/mol. The lowest BCUT2D eigenvalue weighted by Gasteiger charge is -2.48. The van der Waals surface area contributed by atoms with E-state index in [1.54, 1.807) is 54.6 Å². The van der Waals surface area contributed by atoms with Crippen molar-refractivity contribution in [3.63, 3.8) is 0 Å². The number of rotatable bonds is 7. The number of benzene rings is 2. The number of amides is 2. The van der Waals surface area contributed by atoms with Crippen molar-refractivity contribution in [3.8, 4) is 0 Å². The van der Waals surface area contributed by atoms with Gasteiger partial charge in [-0.05, 0) is 17.7 Å². The van der Waals surface area contributed by atoms with Crippen molar-refractivity contribution >= 4 is 46.9 Å². The number of carbonyl (C=O) groups is 4. The maximum absolute atomic E-state index is 12.7. The standard InChI is InChI=1S/C23H19ClN2O6S/c24-15-8-6-13(7-9-15)10-18(29)25-19-21(30)26-20(17(28)12-33-22(19)26)23(31)32-11-16(27)14-4-2-1-3-5-14/h1-9,19,22,28H,10-12H2,(H,25,29)/t19?,22-/m1/s1. The Balaban J connectivity index is 1.37. The first kappa shape index (κ1) is 22.9. The molecule has 2 atom stereocenters. The number of nitrogens with zero attached hydrogens (tertiary/aromatic N) is 1. The molecule has 0 spiro atoms. The Morgan fingerprint density at radius 1 is 1.12 bits per heavy atom. The molecule has 2 N–H and O–H groups in total. The third kappa shape index (κ3) is 4.89. The lowest BCUT2D eigenvalue weighted by Crippen LogP contribution is -2.70. The number of halogens is 1. The Morgan fingerprint density at radius 2 is 1.82 bits per heavy atom. The number of esters is 1. The minimum atomic E-state index is -0.971. The number of β-lactam (4-membered cyclic amide) rings is 1. The van der Waals surface area contributed by atoms with Gasteiger partial charge in [0.25, 0.3) is 5.91 Å². The fraction of sp³-hybridized carbons (Fsp3) is 0.217. The number of nitrogens with one attached hydrogen (secondary N) is 1. The predicted octanol–water partition coefficient (Wildman–Crippen LogP) is 2.48. The van der Waals surface area contributed by atoms with Crippen molar-refractivity contribution in [1.82, 2.24) is 10.2 Å². The molecule has 2 aromatic rings. The molecule has 1 unspecified atom stereocenters. The van der Waals surface area contributed by atoms with E-state index in [-0.39, 0.29) is 29.5 Å². The smallest absolute Gasteiger partial charge is 0.359 e. The van der Waals surface area contributed by atoms with Gasteiger partial charge in [-0.1, -0.05) is 54.1 Å². The van der Waals surface area contributed by atoms with Crippen molar-refractivity contribution in [2.75, 3.05) is 12.4 Å². The van der Waals surface area contributed by atoms with Gasteiger partial charge in [-0.2, -0.15) is 0 Å². The number of thioether (sulfide) groups is 1. The van der Waals surface area contributed by atoms with Gasteiger partial charge in [0.2, 0.25) is 5.91 Å². The van der Waals surface area contributed by atoms with Crippen molar-refractivity contribution in [1.29, 1.82) is 0 Å². The minimum absolute atomic E-state index is 0.0646. The van der Waals surface area contributed by atoms with Gasteiger partial charge in [0.1, 0.15) is 17.2 Å². The average molecular weight is 487 g/mol. The maximum atomic E-state index is 12.7. The van der Waals surface area contributed by atoms with Crippen LogP contribution >= 0.6 is 23.4 Å². The largest absolute Gasteiger partial charge is 0.509 e. The molecule has 1 fully saturated rings. The third-order valence-electron chi connectivity index (χ3n) is 5.17. The summed E-state index contributed by atoms with van der Waals surface area (Å²) in [6, 6.07) is 14.3. The molecule has 0 aromatic heterocycles. The van der Waals surface area contributed by atoms with Crippen LogP contribution in [0.4, 0.5) is 0 Å². The van der Waals surface area contributed by atoms with Gasteiger partial charge >= 0.3 is 5.97 Å². The van der Waals surface area contributed by atoms with Crippen LogP contribution in [-0.2, 0) is 25.5 Å². The van der Waals surface area contributed by atoms with Crippen molar-refractivity contribution in [3.05, 3.63) is 82.2 Å². The molecule has 0 bridgehead atoms. The zero-order valence-electron chi connectivity index (χ0n) is 17.2. The number of aliphatic hydroxyl groups excluding tert-OH is 1. The molecular formula is C23H19ClN2O6S. The van der Waals surface area contributed by atoms with E-state index in [0.29, 0.717) is 10.6 Å². The first-order valence-corrected chi connectivity index (χ1v) is 11.4. The Hall–Kier alpha value is -3.30. The van der Waals surface area contributed by atoms with E-state index in [4.69, 9.17) is 16.3 Å². The molecule has 33 heavy (non-hydrogen) atoms. The summed E-state index contributed by atoms with van der Waals surface area (Å²) in [5.74, 6) is -2.52. The van der Waals surface area contributed by atoms with E-state index in [0.717, 1.165) is 10.5 Å². The number of ketones is 1. The SMILES string of the molecule is O=C(Cc1ccc(Cl)cc1)NC1C(=O)N2C(C(=O)OCC(=O)c3ccccc3)=C(O)CS[C@H]12. The molecule has 1 saturated heterocycles. The number of Topliss-reactive ketones (excluding diaryl/α,β-unsaturated/α-hetero) is 1. The summed E-state index contributed by atoms with van der Waals surface area (Å²) in [5.41, 5.74) is 0.818. The van der Waals surface area contributed by atoms with Gasteiger partial charge in [0.05, 0.1) is 12.2 Å². The van der Waals surface area contributed by atoms with E-state index in [9.17, 15) is 24.3 Å². The molecule has 4 rings (SSSR count). The van der Waals surface area contributed by atoms with Crippen LogP contribution < -0.4 is 5.32 Å². The van der Waals surface area contributed by atoms with E-state index in [2.05, 4.69) is 5.32 Å². The van der Waals surface area contributed by atoms with E-state index < -0.39 is 35.7 Å². The average Bonchev–Trinajstić information content (AvgIpc) is 2.82. The summed E-state index contributed by atoms with van der Waals surface area (Å²) in [4.78, 5) is 51.0. The Kier molecular flexibility index (Phi) is 6.71. The zero-order chi connectivity index (χ0) is 23.5. The second-order valence-electron chi connectivity index (χ2n) is 7.42. The lowest BCUT2D eigenvalue weighted by atomic mass is 10.0. The molecule has 2 amide bonds.